The van der Waals surface area contributed by atoms with Crippen molar-refractivity contribution in [3.63, 3.8) is 0 Å². The van der Waals surface area contributed by atoms with Crippen molar-refractivity contribution in [3.8, 4) is 10.9 Å². The molecule has 0 saturated heterocycles. The van der Waals surface area contributed by atoms with E-state index in [9.17, 15) is 9.90 Å². The molecule has 1 aromatic heterocycles. The van der Waals surface area contributed by atoms with Crippen LogP contribution in [0.5, 0.6) is 10.9 Å². The van der Waals surface area contributed by atoms with Crippen LogP contribution >= 0.6 is 22.9 Å². The second-order valence-electron chi connectivity index (χ2n) is 7.70. The van der Waals surface area contributed by atoms with Crippen LogP contribution in [-0.2, 0) is 11.2 Å². The zero-order valence-electron chi connectivity index (χ0n) is 15.9. The van der Waals surface area contributed by atoms with Gasteiger partial charge in [-0.05, 0) is 67.1 Å². The van der Waals surface area contributed by atoms with Gasteiger partial charge in [0.25, 0.3) is 5.19 Å². The lowest BCUT2D eigenvalue weighted by Crippen LogP contribution is -2.21. The first-order valence-electron chi connectivity index (χ1n) is 9.88. The molecule has 2 bridgehead atoms. The number of aliphatic hydroxyl groups is 1. The second kappa shape index (κ2) is 7.15. The Morgan fingerprint density at radius 3 is 2.86 bits per heavy atom. The number of hydrogen-bond acceptors (Lipinski definition) is 5. The molecule has 2 aromatic carbocycles. The number of nitrogens with zero attached hydrogens (tertiary/aromatic N) is 1. The number of benzene rings is 2. The normalized spacial score (nSPS) is 21.2. The van der Waals surface area contributed by atoms with Crippen molar-refractivity contribution in [3.05, 3.63) is 58.3 Å². The molecule has 4 nitrogen and oxygen atoms in total. The molecule has 1 heterocycles. The first-order chi connectivity index (χ1) is 14.0. The van der Waals surface area contributed by atoms with Crippen LogP contribution in [0.25, 0.3) is 15.8 Å². The molecule has 3 aromatic rings. The summed E-state index contributed by atoms with van der Waals surface area (Å²) in [6, 6.07) is 11.3. The van der Waals surface area contributed by atoms with E-state index in [1.807, 2.05) is 30.3 Å². The number of aliphatic hydroxyl groups excluding tert-OH is 1. The number of aromatic nitrogens is 1. The lowest BCUT2D eigenvalue weighted by atomic mass is 9.81. The second-order valence-corrected chi connectivity index (χ2v) is 9.13. The summed E-state index contributed by atoms with van der Waals surface area (Å²) in [5, 5.41) is 12.0. The largest absolute Gasteiger partial charge is 0.511 e. The van der Waals surface area contributed by atoms with E-state index < -0.39 is 0 Å². The number of ether oxygens (including phenoxy) is 1. The van der Waals surface area contributed by atoms with Gasteiger partial charge in [0.15, 0.2) is 5.78 Å². The molecule has 0 amide bonds. The molecule has 0 spiro atoms. The van der Waals surface area contributed by atoms with E-state index in [-0.39, 0.29) is 23.4 Å². The summed E-state index contributed by atoms with van der Waals surface area (Å²) < 4.78 is 6.98. The summed E-state index contributed by atoms with van der Waals surface area (Å²) >= 11 is 7.49. The molecule has 2 atom stereocenters. The Kier molecular flexibility index (Phi) is 4.60. The average molecular weight is 426 g/mol. The Labute approximate surface area is 177 Å². The number of thiazole rings is 1. The number of halogens is 1. The van der Waals surface area contributed by atoms with Crippen molar-refractivity contribution in [2.24, 2.45) is 11.8 Å². The molecule has 1 N–H and O–H groups in total. The molecule has 148 valence electrons. The highest BCUT2D eigenvalue weighted by Crippen LogP contribution is 2.46. The van der Waals surface area contributed by atoms with Crippen LogP contribution in [0.2, 0.25) is 5.02 Å². The molecule has 2 aliphatic rings. The third kappa shape index (κ3) is 3.22. The smallest absolute Gasteiger partial charge is 0.279 e. The minimum atomic E-state index is 0.0363. The summed E-state index contributed by atoms with van der Waals surface area (Å²) in [5.41, 5.74) is 3.14. The number of fused-ring (bicyclic) bond motifs is 3. The molecule has 1 fully saturated rings. The first-order valence-corrected chi connectivity index (χ1v) is 11.1. The van der Waals surface area contributed by atoms with Crippen LogP contribution in [0.1, 0.15) is 37.3 Å². The van der Waals surface area contributed by atoms with Crippen LogP contribution in [0, 0.1) is 11.8 Å². The van der Waals surface area contributed by atoms with Crippen molar-refractivity contribution in [1.29, 1.82) is 0 Å². The Bertz CT molecular complexity index is 1170. The Morgan fingerprint density at radius 2 is 2.03 bits per heavy atom. The van der Waals surface area contributed by atoms with Crippen molar-refractivity contribution >= 4 is 44.5 Å². The van der Waals surface area contributed by atoms with Crippen LogP contribution in [0.15, 0.2) is 42.2 Å². The van der Waals surface area contributed by atoms with Crippen molar-refractivity contribution < 1.29 is 14.6 Å². The number of ketones is 1. The average Bonchev–Trinajstić information content (AvgIpc) is 3.32. The monoisotopic (exact) mass is 425 g/mol. The maximum absolute atomic E-state index is 13.0. The van der Waals surface area contributed by atoms with Crippen molar-refractivity contribution in [1.82, 2.24) is 4.98 Å². The van der Waals surface area contributed by atoms with Crippen molar-refractivity contribution in [2.45, 2.75) is 32.6 Å². The van der Waals surface area contributed by atoms with Gasteiger partial charge in [-0.15, -0.1) is 0 Å². The Morgan fingerprint density at radius 1 is 1.21 bits per heavy atom. The zero-order valence-corrected chi connectivity index (χ0v) is 17.5. The lowest BCUT2D eigenvalue weighted by molar-refractivity contribution is -0.117. The maximum Gasteiger partial charge on any atom is 0.279 e. The van der Waals surface area contributed by atoms with E-state index in [4.69, 9.17) is 16.3 Å². The van der Waals surface area contributed by atoms with Gasteiger partial charge >= 0.3 is 0 Å². The highest BCUT2D eigenvalue weighted by atomic mass is 35.5. The predicted octanol–water partition coefficient (Wildman–Crippen LogP) is 6.57. The number of hydrogen-bond donors (Lipinski definition) is 1. The van der Waals surface area contributed by atoms with Gasteiger partial charge in [0.05, 0.1) is 15.8 Å². The SMILES string of the molecule is CCc1ccc(Oc2nc3ccc(Cl)cc3s2)cc1C1=C(O)[C@@H]2CC[C@@H](C2)C1=O. The Hall–Kier alpha value is -2.37. The molecule has 0 aliphatic heterocycles. The number of Topliss-reactive ketones (excluding diaryl/α,β-unsaturated/α-hetero) is 1. The van der Waals surface area contributed by atoms with E-state index in [0.29, 0.717) is 21.5 Å². The predicted molar refractivity (Wildman–Crippen MR) is 116 cm³/mol. The first kappa shape index (κ1) is 18.6. The number of aryl methyl sites for hydroxylation is 1. The van der Waals surface area contributed by atoms with Gasteiger partial charge in [0.1, 0.15) is 11.5 Å². The number of rotatable bonds is 4. The van der Waals surface area contributed by atoms with Gasteiger partial charge < -0.3 is 9.84 Å². The summed E-state index contributed by atoms with van der Waals surface area (Å²) in [4.78, 5) is 17.5. The molecule has 5 rings (SSSR count). The van der Waals surface area contributed by atoms with Crippen LogP contribution in [0.4, 0.5) is 0 Å². The van der Waals surface area contributed by atoms with Gasteiger partial charge in [-0.2, -0.15) is 0 Å². The van der Waals surface area contributed by atoms with Crippen LogP contribution in [-0.4, -0.2) is 15.9 Å². The van der Waals surface area contributed by atoms with E-state index >= 15 is 0 Å². The molecule has 0 unspecified atom stereocenters. The quantitative estimate of drug-likeness (QED) is 0.513. The fourth-order valence-electron chi connectivity index (χ4n) is 4.46. The molecule has 29 heavy (non-hydrogen) atoms. The summed E-state index contributed by atoms with van der Waals surface area (Å²) in [6.45, 7) is 2.05. The number of carbonyl (C=O) groups is 1. The number of carbonyl (C=O) groups excluding carboxylic acids is 1. The highest BCUT2D eigenvalue weighted by molar-refractivity contribution is 7.20. The molecular weight excluding hydrogens is 406 g/mol. The molecular formula is C23H20ClNO3S. The summed E-state index contributed by atoms with van der Waals surface area (Å²) in [7, 11) is 0. The summed E-state index contributed by atoms with van der Waals surface area (Å²) in [6.07, 6.45) is 3.30. The van der Waals surface area contributed by atoms with Gasteiger partial charge in [0.2, 0.25) is 0 Å². The van der Waals surface area contributed by atoms with Crippen LogP contribution < -0.4 is 4.74 Å². The van der Waals surface area contributed by atoms with Crippen molar-refractivity contribution in [2.75, 3.05) is 0 Å². The minimum Gasteiger partial charge on any atom is -0.511 e. The zero-order chi connectivity index (χ0) is 20.1. The molecule has 1 saturated carbocycles. The molecule has 0 radical (unpaired) electrons. The fourth-order valence-corrected chi connectivity index (χ4v) is 5.57. The third-order valence-electron chi connectivity index (χ3n) is 5.96. The van der Waals surface area contributed by atoms with Gasteiger partial charge in [-0.25, -0.2) is 4.98 Å². The standard InChI is InChI=1S/C23H20ClNO3S/c1-2-12-5-7-16(28-23-25-18-8-6-15(24)10-19(18)29-23)11-17(12)20-21(26)13-3-4-14(9-13)22(20)27/h5-8,10-11,13-14,26H,2-4,9H2,1H3/t13-,14+/m1/s1. The Balaban J connectivity index is 1.54. The van der Waals surface area contributed by atoms with E-state index in [0.717, 1.165) is 47.0 Å². The highest BCUT2D eigenvalue weighted by Gasteiger charge is 2.41. The minimum absolute atomic E-state index is 0.0363. The molecule has 2 aliphatic carbocycles. The summed E-state index contributed by atoms with van der Waals surface area (Å²) in [5.74, 6) is 1.07. The van der Waals surface area contributed by atoms with E-state index in [1.165, 1.54) is 11.3 Å². The van der Waals surface area contributed by atoms with E-state index in [1.54, 1.807) is 6.07 Å². The van der Waals surface area contributed by atoms with Gasteiger partial charge in [0, 0.05) is 16.9 Å². The van der Waals surface area contributed by atoms with Crippen LogP contribution in [0.3, 0.4) is 0 Å². The number of allylic oxidation sites excluding steroid dienone is 2. The maximum atomic E-state index is 13.0. The van der Waals surface area contributed by atoms with E-state index in [2.05, 4.69) is 11.9 Å². The van der Waals surface area contributed by atoms with Gasteiger partial charge in [-0.3, -0.25) is 4.79 Å². The lowest BCUT2D eigenvalue weighted by Gasteiger charge is -2.23. The fraction of sp³-hybridized carbons (Fsp3) is 0.304. The topological polar surface area (TPSA) is 59.4 Å². The van der Waals surface area contributed by atoms with Gasteiger partial charge in [-0.1, -0.05) is 35.9 Å². The molecule has 6 heteroatoms. The third-order valence-corrected chi connectivity index (χ3v) is 7.09.